The number of nitrogens with zero attached hydrogens (tertiary/aromatic N) is 1. The Morgan fingerprint density at radius 1 is 1.18 bits per heavy atom. The van der Waals surface area contributed by atoms with Crippen LogP contribution in [0.5, 0.6) is 5.75 Å². The minimum absolute atomic E-state index is 0.321. The second kappa shape index (κ2) is 7.61. The molecular formula is C18H21NO3. The third-order valence-electron chi connectivity index (χ3n) is 3.36. The minimum atomic E-state index is -0.896. The van der Waals surface area contributed by atoms with Crippen LogP contribution in [0.2, 0.25) is 0 Å². The predicted octanol–water partition coefficient (Wildman–Crippen LogP) is 3.20. The Kier molecular flexibility index (Phi) is 5.55. The van der Waals surface area contributed by atoms with Gasteiger partial charge in [-0.25, -0.2) is 4.79 Å². The SMILES string of the molecule is Cc1cccc(OCCN(C)Cc2cccc(C(=O)O)c2)c1. The molecule has 0 saturated heterocycles. The van der Waals surface area contributed by atoms with Crippen molar-refractivity contribution in [1.29, 1.82) is 0 Å². The van der Waals surface area contributed by atoms with Gasteiger partial charge in [-0.05, 0) is 49.4 Å². The van der Waals surface area contributed by atoms with Crippen molar-refractivity contribution in [3.63, 3.8) is 0 Å². The summed E-state index contributed by atoms with van der Waals surface area (Å²) in [6.45, 7) is 4.09. The Labute approximate surface area is 131 Å². The van der Waals surface area contributed by atoms with Crippen molar-refractivity contribution in [2.75, 3.05) is 20.2 Å². The zero-order chi connectivity index (χ0) is 15.9. The number of aromatic carboxylic acids is 1. The molecule has 0 fully saturated rings. The van der Waals surface area contributed by atoms with E-state index in [1.54, 1.807) is 18.2 Å². The summed E-state index contributed by atoms with van der Waals surface area (Å²) in [4.78, 5) is 13.1. The maximum atomic E-state index is 11.0. The molecule has 0 aromatic heterocycles. The quantitative estimate of drug-likeness (QED) is 0.853. The zero-order valence-corrected chi connectivity index (χ0v) is 13.0. The number of hydrogen-bond donors (Lipinski definition) is 1. The van der Waals surface area contributed by atoms with Crippen LogP contribution in [-0.2, 0) is 6.54 Å². The molecule has 0 radical (unpaired) electrons. The Hall–Kier alpha value is -2.33. The average molecular weight is 299 g/mol. The summed E-state index contributed by atoms with van der Waals surface area (Å²) in [7, 11) is 1.99. The lowest BCUT2D eigenvalue weighted by Gasteiger charge is -2.17. The van der Waals surface area contributed by atoms with E-state index >= 15 is 0 Å². The lowest BCUT2D eigenvalue weighted by atomic mass is 10.1. The van der Waals surface area contributed by atoms with Crippen molar-refractivity contribution in [3.05, 3.63) is 65.2 Å². The molecule has 0 unspecified atom stereocenters. The topological polar surface area (TPSA) is 49.8 Å². The van der Waals surface area contributed by atoms with E-state index < -0.39 is 5.97 Å². The molecule has 0 aliphatic rings. The fourth-order valence-electron chi connectivity index (χ4n) is 2.22. The molecule has 0 aliphatic heterocycles. The van der Waals surface area contributed by atoms with Crippen molar-refractivity contribution in [2.45, 2.75) is 13.5 Å². The first kappa shape index (κ1) is 16.0. The fraction of sp³-hybridized carbons (Fsp3) is 0.278. The van der Waals surface area contributed by atoms with E-state index in [0.717, 1.165) is 17.9 Å². The van der Waals surface area contributed by atoms with E-state index in [1.165, 1.54) is 5.56 Å². The van der Waals surface area contributed by atoms with Gasteiger partial charge in [-0.15, -0.1) is 0 Å². The van der Waals surface area contributed by atoms with Crippen LogP contribution in [0, 0.1) is 6.92 Å². The zero-order valence-electron chi connectivity index (χ0n) is 13.0. The normalized spacial score (nSPS) is 10.7. The lowest BCUT2D eigenvalue weighted by molar-refractivity contribution is 0.0696. The summed E-state index contributed by atoms with van der Waals surface area (Å²) in [5.41, 5.74) is 2.48. The van der Waals surface area contributed by atoms with Crippen molar-refractivity contribution in [1.82, 2.24) is 4.90 Å². The van der Waals surface area contributed by atoms with Crippen molar-refractivity contribution in [2.24, 2.45) is 0 Å². The summed E-state index contributed by atoms with van der Waals surface area (Å²) in [5, 5.41) is 9.00. The van der Waals surface area contributed by atoms with Gasteiger partial charge in [-0.3, -0.25) is 4.90 Å². The molecule has 0 aliphatic carbocycles. The highest BCUT2D eigenvalue weighted by Gasteiger charge is 2.05. The number of carboxylic acids is 1. The summed E-state index contributed by atoms with van der Waals surface area (Å²) in [6.07, 6.45) is 0. The first-order chi connectivity index (χ1) is 10.5. The second-order valence-electron chi connectivity index (χ2n) is 5.41. The summed E-state index contributed by atoms with van der Waals surface area (Å²) < 4.78 is 5.72. The van der Waals surface area contributed by atoms with Crippen LogP contribution in [0.1, 0.15) is 21.5 Å². The molecule has 0 saturated carbocycles. The van der Waals surface area contributed by atoms with Gasteiger partial charge in [0.25, 0.3) is 0 Å². The van der Waals surface area contributed by atoms with Gasteiger partial charge in [-0.2, -0.15) is 0 Å². The minimum Gasteiger partial charge on any atom is -0.492 e. The summed E-state index contributed by atoms with van der Waals surface area (Å²) in [6, 6.07) is 15.0. The highest BCUT2D eigenvalue weighted by Crippen LogP contribution is 2.12. The number of hydrogen-bond acceptors (Lipinski definition) is 3. The molecule has 116 valence electrons. The van der Waals surface area contributed by atoms with E-state index in [-0.39, 0.29) is 0 Å². The van der Waals surface area contributed by atoms with Crippen LogP contribution < -0.4 is 4.74 Å². The Morgan fingerprint density at radius 2 is 1.95 bits per heavy atom. The van der Waals surface area contributed by atoms with Gasteiger partial charge in [0, 0.05) is 13.1 Å². The van der Waals surface area contributed by atoms with Gasteiger partial charge < -0.3 is 9.84 Å². The van der Waals surface area contributed by atoms with Crippen LogP contribution in [0.25, 0.3) is 0 Å². The average Bonchev–Trinajstić information content (AvgIpc) is 2.47. The van der Waals surface area contributed by atoms with E-state index in [1.807, 2.05) is 44.3 Å². The number of benzene rings is 2. The predicted molar refractivity (Wildman–Crippen MR) is 86.4 cm³/mol. The third kappa shape index (κ3) is 4.90. The molecular weight excluding hydrogens is 278 g/mol. The van der Waals surface area contributed by atoms with Crippen molar-refractivity contribution < 1.29 is 14.6 Å². The number of carbonyl (C=O) groups is 1. The van der Waals surface area contributed by atoms with Gasteiger partial charge in [-0.1, -0.05) is 24.3 Å². The molecule has 22 heavy (non-hydrogen) atoms. The molecule has 4 heteroatoms. The van der Waals surface area contributed by atoms with Crippen molar-refractivity contribution >= 4 is 5.97 Å². The molecule has 0 heterocycles. The maximum absolute atomic E-state index is 11.0. The number of ether oxygens (including phenoxy) is 1. The largest absolute Gasteiger partial charge is 0.492 e. The van der Waals surface area contributed by atoms with Gasteiger partial charge in [0.2, 0.25) is 0 Å². The smallest absolute Gasteiger partial charge is 0.335 e. The number of rotatable bonds is 7. The molecule has 0 amide bonds. The molecule has 1 N–H and O–H groups in total. The van der Waals surface area contributed by atoms with Crippen LogP contribution in [0.3, 0.4) is 0 Å². The molecule has 2 rings (SSSR count). The molecule has 0 atom stereocenters. The van der Waals surface area contributed by atoms with Crippen LogP contribution in [-0.4, -0.2) is 36.2 Å². The van der Waals surface area contributed by atoms with Crippen LogP contribution in [0.15, 0.2) is 48.5 Å². The first-order valence-electron chi connectivity index (χ1n) is 7.25. The molecule has 2 aromatic rings. The molecule has 4 nitrogen and oxygen atoms in total. The van der Waals surface area contributed by atoms with Gasteiger partial charge in [0.1, 0.15) is 12.4 Å². The summed E-state index contributed by atoms with van der Waals surface area (Å²) in [5.74, 6) is -0.0199. The lowest BCUT2D eigenvalue weighted by Crippen LogP contribution is -2.24. The molecule has 2 aromatic carbocycles. The highest BCUT2D eigenvalue weighted by molar-refractivity contribution is 5.87. The third-order valence-corrected chi connectivity index (χ3v) is 3.36. The number of aryl methyl sites for hydroxylation is 1. The van der Waals surface area contributed by atoms with E-state index in [0.29, 0.717) is 18.7 Å². The first-order valence-corrected chi connectivity index (χ1v) is 7.25. The Bertz CT molecular complexity index is 640. The number of likely N-dealkylation sites (N-methyl/N-ethyl adjacent to an activating group) is 1. The van der Waals surface area contributed by atoms with E-state index in [2.05, 4.69) is 4.90 Å². The molecule has 0 bridgehead atoms. The van der Waals surface area contributed by atoms with Crippen LogP contribution in [0.4, 0.5) is 0 Å². The summed E-state index contributed by atoms with van der Waals surface area (Å²) >= 11 is 0. The molecule has 0 spiro atoms. The van der Waals surface area contributed by atoms with Crippen LogP contribution >= 0.6 is 0 Å². The van der Waals surface area contributed by atoms with Crippen molar-refractivity contribution in [3.8, 4) is 5.75 Å². The standard InChI is InChI=1S/C18H21NO3/c1-14-5-3-8-17(11-14)22-10-9-19(2)13-15-6-4-7-16(12-15)18(20)21/h3-8,11-12H,9-10,13H2,1-2H3,(H,20,21). The monoisotopic (exact) mass is 299 g/mol. The Balaban J connectivity index is 1.81. The van der Waals surface area contributed by atoms with Gasteiger partial charge in [0.15, 0.2) is 0 Å². The maximum Gasteiger partial charge on any atom is 0.335 e. The number of carboxylic acid groups (broad SMARTS) is 1. The fourth-order valence-corrected chi connectivity index (χ4v) is 2.22. The van der Waals surface area contributed by atoms with E-state index in [4.69, 9.17) is 9.84 Å². The van der Waals surface area contributed by atoms with Gasteiger partial charge in [0.05, 0.1) is 5.56 Å². The van der Waals surface area contributed by atoms with Gasteiger partial charge >= 0.3 is 5.97 Å². The second-order valence-corrected chi connectivity index (χ2v) is 5.41. The highest BCUT2D eigenvalue weighted by atomic mass is 16.5. The van der Waals surface area contributed by atoms with E-state index in [9.17, 15) is 4.79 Å². The Morgan fingerprint density at radius 3 is 2.68 bits per heavy atom.